The summed E-state index contributed by atoms with van der Waals surface area (Å²) in [6, 6.07) is 10.3. The van der Waals surface area contributed by atoms with Crippen molar-refractivity contribution in [1.29, 1.82) is 0 Å². The quantitative estimate of drug-likeness (QED) is 0.364. The van der Waals surface area contributed by atoms with Crippen molar-refractivity contribution in [2.45, 2.75) is 10.8 Å². The highest BCUT2D eigenvalue weighted by Gasteiger charge is 2.12. The molecule has 1 aromatic heterocycles. The number of carbonyl (C=O) groups excluding carboxylic acids is 2. The van der Waals surface area contributed by atoms with Crippen molar-refractivity contribution in [3.63, 3.8) is 0 Å². The van der Waals surface area contributed by atoms with E-state index in [4.69, 9.17) is 23.2 Å². The molecular weight excluding hydrogens is 442 g/mol. The molecule has 9 heteroatoms. The van der Waals surface area contributed by atoms with Gasteiger partial charge in [0.2, 0.25) is 5.91 Å². The van der Waals surface area contributed by atoms with Crippen LogP contribution < -0.4 is 5.32 Å². The molecule has 0 atom stereocenters. The number of hydrogen-bond acceptors (Lipinski definition) is 5. The van der Waals surface area contributed by atoms with E-state index < -0.39 is 0 Å². The highest BCUT2D eigenvalue weighted by molar-refractivity contribution is 8.01. The zero-order chi connectivity index (χ0) is 20.1. The van der Waals surface area contributed by atoms with Crippen LogP contribution in [0.1, 0.15) is 16.1 Å². The predicted molar refractivity (Wildman–Crippen MR) is 112 cm³/mol. The highest BCUT2D eigenvalue weighted by Crippen LogP contribution is 2.26. The first-order valence-corrected chi connectivity index (χ1v) is 10.6. The number of thiazole rings is 1. The summed E-state index contributed by atoms with van der Waals surface area (Å²) in [5.41, 5.74) is 1.61. The number of halogens is 3. The molecule has 144 valence electrons. The molecule has 0 aliphatic rings. The summed E-state index contributed by atoms with van der Waals surface area (Å²) in [6.07, 6.45) is 0.100. The van der Waals surface area contributed by atoms with Gasteiger partial charge in [-0.2, -0.15) is 0 Å². The van der Waals surface area contributed by atoms with Crippen LogP contribution in [0.4, 0.5) is 10.1 Å². The van der Waals surface area contributed by atoms with Crippen LogP contribution in [-0.4, -0.2) is 22.4 Å². The monoisotopic (exact) mass is 454 g/mol. The number of hydrogen-bond donors (Lipinski definition) is 1. The van der Waals surface area contributed by atoms with Gasteiger partial charge in [0.25, 0.3) is 0 Å². The number of anilines is 1. The van der Waals surface area contributed by atoms with E-state index in [0.29, 0.717) is 31.3 Å². The zero-order valence-corrected chi connectivity index (χ0v) is 17.4. The lowest BCUT2D eigenvalue weighted by molar-refractivity contribution is -0.115. The van der Waals surface area contributed by atoms with Gasteiger partial charge in [-0.15, -0.1) is 11.3 Å². The number of carbonyl (C=O) groups is 2. The predicted octanol–water partition coefficient (Wildman–Crippen LogP) is 5.75. The van der Waals surface area contributed by atoms with Crippen LogP contribution in [0, 0.1) is 5.82 Å². The van der Waals surface area contributed by atoms with E-state index >= 15 is 0 Å². The van der Waals surface area contributed by atoms with Crippen molar-refractivity contribution < 1.29 is 14.0 Å². The van der Waals surface area contributed by atoms with Gasteiger partial charge < -0.3 is 5.32 Å². The summed E-state index contributed by atoms with van der Waals surface area (Å²) in [5.74, 6) is -0.539. The molecule has 0 saturated carbocycles. The Bertz CT molecular complexity index is 1010. The molecule has 3 rings (SSSR count). The second-order valence-corrected chi connectivity index (χ2v) is 8.57. The molecule has 4 nitrogen and oxygen atoms in total. The maximum Gasteiger partial charge on any atom is 0.230 e. The molecule has 0 unspecified atom stereocenters. The van der Waals surface area contributed by atoms with E-state index in [1.165, 1.54) is 47.4 Å². The number of nitrogens with zero attached hydrogens (tertiary/aromatic N) is 1. The van der Waals surface area contributed by atoms with Gasteiger partial charge >= 0.3 is 0 Å². The van der Waals surface area contributed by atoms with Gasteiger partial charge in [-0.25, -0.2) is 9.37 Å². The van der Waals surface area contributed by atoms with Gasteiger partial charge in [-0.1, -0.05) is 35.0 Å². The van der Waals surface area contributed by atoms with Gasteiger partial charge in [-0.3, -0.25) is 9.59 Å². The number of Topliss-reactive ketones (excluding diaryl/α,β-unsaturated/α-hetero) is 1. The summed E-state index contributed by atoms with van der Waals surface area (Å²) < 4.78 is 13.6. The minimum absolute atomic E-state index is 0.100. The molecule has 0 fully saturated rings. The summed E-state index contributed by atoms with van der Waals surface area (Å²) in [7, 11) is 0. The van der Waals surface area contributed by atoms with Crippen molar-refractivity contribution in [1.82, 2.24) is 4.98 Å². The van der Waals surface area contributed by atoms with Gasteiger partial charge in [-0.05, 0) is 42.5 Å². The molecule has 0 bridgehead atoms. The van der Waals surface area contributed by atoms with E-state index in [9.17, 15) is 14.0 Å². The second kappa shape index (κ2) is 9.52. The van der Waals surface area contributed by atoms with Crippen LogP contribution in [-0.2, 0) is 11.2 Å². The first kappa shape index (κ1) is 20.8. The van der Waals surface area contributed by atoms with Gasteiger partial charge in [0.05, 0.1) is 27.9 Å². The maximum atomic E-state index is 12.9. The third-order valence-corrected chi connectivity index (χ3v) is 6.38. The van der Waals surface area contributed by atoms with Crippen molar-refractivity contribution in [3.8, 4) is 0 Å². The molecule has 1 N–H and O–H groups in total. The molecule has 3 aromatic rings. The van der Waals surface area contributed by atoms with Crippen LogP contribution in [0.25, 0.3) is 0 Å². The summed E-state index contributed by atoms with van der Waals surface area (Å²) in [5, 5.41) is 5.28. The molecular formula is C19H13Cl2FN2O2S2. The van der Waals surface area contributed by atoms with E-state index in [1.54, 1.807) is 23.6 Å². The molecule has 0 aliphatic carbocycles. The standard InChI is InChI=1S/C19H13Cl2FN2O2S2/c20-15-6-5-13(7-16(15)21)23-18(26)8-14-9-27-19(24-14)28-10-17(25)11-1-3-12(22)4-2-11/h1-7,9H,8,10H2,(H,23,26). The van der Waals surface area contributed by atoms with Gasteiger partial charge in [0.15, 0.2) is 10.1 Å². The van der Waals surface area contributed by atoms with E-state index in [-0.39, 0.29) is 29.7 Å². The third-order valence-electron chi connectivity index (χ3n) is 3.57. The lowest BCUT2D eigenvalue weighted by Crippen LogP contribution is -2.14. The van der Waals surface area contributed by atoms with Crippen LogP contribution in [0.2, 0.25) is 10.0 Å². The lowest BCUT2D eigenvalue weighted by atomic mass is 10.1. The SMILES string of the molecule is O=C(Cc1csc(SCC(=O)c2ccc(F)cc2)n1)Nc1ccc(Cl)c(Cl)c1. The first-order chi connectivity index (χ1) is 13.4. The van der Waals surface area contributed by atoms with Crippen molar-refractivity contribution >= 4 is 63.7 Å². The fourth-order valence-electron chi connectivity index (χ4n) is 2.23. The molecule has 2 aromatic carbocycles. The fourth-order valence-corrected chi connectivity index (χ4v) is 4.26. The Kier molecular flexibility index (Phi) is 7.07. The Balaban J connectivity index is 1.52. The molecule has 0 spiro atoms. The van der Waals surface area contributed by atoms with Crippen LogP contribution >= 0.6 is 46.3 Å². The van der Waals surface area contributed by atoms with E-state index in [0.717, 1.165) is 0 Å². The Morgan fingerprint density at radius 2 is 1.86 bits per heavy atom. The average Bonchev–Trinajstić information content (AvgIpc) is 3.10. The largest absolute Gasteiger partial charge is 0.326 e. The normalized spacial score (nSPS) is 10.7. The first-order valence-electron chi connectivity index (χ1n) is 8.01. The van der Waals surface area contributed by atoms with E-state index in [2.05, 4.69) is 10.3 Å². The van der Waals surface area contributed by atoms with Gasteiger partial charge in [0, 0.05) is 16.6 Å². The summed E-state index contributed by atoms with van der Waals surface area (Å²) >= 11 is 14.4. The van der Waals surface area contributed by atoms with Crippen LogP contribution in [0.3, 0.4) is 0 Å². The lowest BCUT2D eigenvalue weighted by Gasteiger charge is -2.05. The minimum atomic E-state index is -0.382. The van der Waals surface area contributed by atoms with Crippen LogP contribution in [0.15, 0.2) is 52.2 Å². The Morgan fingerprint density at radius 1 is 1.11 bits per heavy atom. The number of nitrogens with one attached hydrogen (secondary N) is 1. The average molecular weight is 455 g/mol. The Morgan fingerprint density at radius 3 is 2.57 bits per heavy atom. The molecule has 0 aliphatic heterocycles. The number of benzene rings is 2. The number of ketones is 1. The summed E-state index contributed by atoms with van der Waals surface area (Å²) in [4.78, 5) is 28.6. The van der Waals surface area contributed by atoms with Crippen LogP contribution in [0.5, 0.6) is 0 Å². The Labute approximate surface area is 179 Å². The molecule has 0 radical (unpaired) electrons. The highest BCUT2D eigenvalue weighted by atomic mass is 35.5. The number of aromatic nitrogens is 1. The van der Waals surface area contributed by atoms with Crippen molar-refractivity contribution in [3.05, 3.63) is 75.0 Å². The summed E-state index contributed by atoms with van der Waals surface area (Å²) in [6.45, 7) is 0. The third kappa shape index (κ3) is 5.78. The molecule has 1 amide bonds. The zero-order valence-electron chi connectivity index (χ0n) is 14.2. The smallest absolute Gasteiger partial charge is 0.230 e. The molecule has 1 heterocycles. The van der Waals surface area contributed by atoms with Crippen molar-refractivity contribution in [2.24, 2.45) is 0 Å². The number of amides is 1. The molecule has 28 heavy (non-hydrogen) atoms. The minimum Gasteiger partial charge on any atom is -0.326 e. The van der Waals surface area contributed by atoms with Gasteiger partial charge in [0.1, 0.15) is 5.82 Å². The second-order valence-electron chi connectivity index (χ2n) is 5.68. The van der Waals surface area contributed by atoms with Crippen molar-refractivity contribution in [2.75, 3.05) is 11.1 Å². The molecule has 0 saturated heterocycles. The topological polar surface area (TPSA) is 59.1 Å². The maximum absolute atomic E-state index is 12.9. The van der Waals surface area contributed by atoms with E-state index in [1.807, 2.05) is 0 Å². The number of thioether (sulfide) groups is 1. The Hall–Kier alpha value is -1.93. The number of rotatable bonds is 7. The fraction of sp³-hybridized carbons (Fsp3) is 0.105.